The van der Waals surface area contributed by atoms with Crippen molar-refractivity contribution < 1.29 is 4.42 Å². The molecule has 5 heteroatoms. The number of furan rings is 1. The van der Waals surface area contributed by atoms with E-state index in [1.165, 1.54) is 92.3 Å². The van der Waals surface area contributed by atoms with Crippen LogP contribution >= 0.6 is 11.3 Å². The maximum absolute atomic E-state index is 6.59. The predicted octanol–water partition coefficient (Wildman–Crippen LogP) is 13.9. The molecular formula is C55H47BN2OS. The molecule has 1 aliphatic heterocycles. The molecule has 7 aromatic carbocycles. The fourth-order valence-electron chi connectivity index (χ4n) is 10.5. The van der Waals surface area contributed by atoms with Crippen LogP contribution in [0.2, 0.25) is 0 Å². The Labute approximate surface area is 355 Å². The van der Waals surface area contributed by atoms with Gasteiger partial charge in [0.15, 0.2) is 0 Å². The second kappa shape index (κ2) is 12.0. The van der Waals surface area contributed by atoms with E-state index < -0.39 is 0 Å². The molecule has 4 heterocycles. The average molecular weight is 795 g/mol. The van der Waals surface area contributed by atoms with E-state index in [4.69, 9.17) is 4.42 Å². The number of nitrogens with zero attached hydrogens (tertiary/aromatic N) is 1. The molecule has 0 bridgehead atoms. The van der Waals surface area contributed by atoms with Crippen molar-refractivity contribution in [3.63, 3.8) is 0 Å². The van der Waals surface area contributed by atoms with Crippen molar-refractivity contribution in [2.45, 2.75) is 71.6 Å². The molecule has 12 rings (SSSR count). The van der Waals surface area contributed by atoms with Crippen LogP contribution in [0.15, 0.2) is 132 Å². The van der Waals surface area contributed by atoms with Crippen molar-refractivity contribution in [3.8, 4) is 27.9 Å². The summed E-state index contributed by atoms with van der Waals surface area (Å²) >= 11 is 1.95. The van der Waals surface area contributed by atoms with E-state index in [0.29, 0.717) is 0 Å². The molecule has 0 saturated heterocycles. The minimum Gasteiger partial charge on any atom is -0.456 e. The van der Waals surface area contributed by atoms with E-state index in [9.17, 15) is 0 Å². The summed E-state index contributed by atoms with van der Waals surface area (Å²) in [7, 11) is 0.862. The number of para-hydroxylation sites is 1. The maximum Gasteiger partial charge on any atom is 0.211 e. The highest BCUT2D eigenvalue weighted by Crippen LogP contribution is 2.52. The third-order valence-electron chi connectivity index (χ3n) is 13.7. The van der Waals surface area contributed by atoms with Gasteiger partial charge in [0.25, 0.3) is 0 Å². The lowest BCUT2D eigenvalue weighted by Gasteiger charge is -2.25. The van der Waals surface area contributed by atoms with E-state index in [-0.39, 0.29) is 16.2 Å². The van der Waals surface area contributed by atoms with E-state index in [1.807, 2.05) is 11.3 Å². The van der Waals surface area contributed by atoms with Crippen molar-refractivity contribution in [1.29, 1.82) is 0 Å². The Bertz CT molecular complexity index is 3470. The second-order valence-electron chi connectivity index (χ2n) is 19.9. The summed E-state index contributed by atoms with van der Waals surface area (Å²) in [5.74, 6) is 0. The number of rotatable bonds is 3. The van der Waals surface area contributed by atoms with Gasteiger partial charge in [-0.15, -0.1) is 11.3 Å². The van der Waals surface area contributed by atoms with Gasteiger partial charge in [-0.1, -0.05) is 128 Å². The zero-order valence-corrected chi connectivity index (χ0v) is 36.4. The van der Waals surface area contributed by atoms with Crippen LogP contribution in [0.5, 0.6) is 0 Å². The second-order valence-corrected chi connectivity index (χ2v) is 21.0. The van der Waals surface area contributed by atoms with E-state index in [1.54, 1.807) is 0 Å². The van der Waals surface area contributed by atoms with Crippen LogP contribution in [0.25, 0.3) is 81.8 Å². The Balaban J connectivity index is 1.16. The number of hydrogen-bond donors (Lipinski definition) is 1. The van der Waals surface area contributed by atoms with Crippen LogP contribution in [-0.2, 0) is 16.2 Å². The van der Waals surface area contributed by atoms with E-state index in [2.05, 4.69) is 193 Å². The topological polar surface area (TPSA) is 30.1 Å². The summed E-state index contributed by atoms with van der Waals surface area (Å²) < 4.78 is 11.9. The summed E-state index contributed by atoms with van der Waals surface area (Å²) in [6.07, 6.45) is 0. The average Bonchev–Trinajstić information content (AvgIpc) is 3.93. The number of hydrogen-bond acceptors (Lipinski definition) is 3. The number of benzene rings is 7. The van der Waals surface area contributed by atoms with Crippen LogP contribution in [-0.4, -0.2) is 11.8 Å². The Kier molecular flexibility index (Phi) is 7.20. The van der Waals surface area contributed by atoms with Gasteiger partial charge >= 0.3 is 0 Å². The number of thiophene rings is 1. The minimum atomic E-state index is -0.124. The van der Waals surface area contributed by atoms with Gasteiger partial charge in [-0.2, -0.15) is 0 Å². The number of fused-ring (bicyclic) bond motifs is 13. The summed E-state index contributed by atoms with van der Waals surface area (Å²) in [6.45, 7) is 18.5. The molecule has 0 radical (unpaired) electrons. The summed E-state index contributed by atoms with van der Waals surface area (Å²) in [5.41, 5.74) is 19.9. The Morgan fingerprint density at radius 1 is 0.583 bits per heavy atom. The number of anilines is 2. The van der Waals surface area contributed by atoms with Crippen molar-refractivity contribution in [2.75, 3.05) is 5.32 Å². The van der Waals surface area contributed by atoms with Gasteiger partial charge in [0.1, 0.15) is 11.2 Å². The molecule has 1 N–H and O–H groups in total. The SMILES string of the molecule is CC(C)(C)c1ccc(Nc2cc3c(cc2-c2ccc4c5cc6c(cc5n5c4c2Bc2sc4ccc(C(C)(C)C)cc4c2-5)oc2ccccc26)-c2ccccc2C3(C)C)cc1. The maximum atomic E-state index is 6.59. The molecule has 0 saturated carbocycles. The third-order valence-corrected chi connectivity index (χ3v) is 14.9. The van der Waals surface area contributed by atoms with Gasteiger partial charge in [0, 0.05) is 65.6 Å². The van der Waals surface area contributed by atoms with Gasteiger partial charge in [-0.25, -0.2) is 0 Å². The fourth-order valence-corrected chi connectivity index (χ4v) is 11.6. The molecule has 2 aliphatic rings. The van der Waals surface area contributed by atoms with Gasteiger partial charge in [0.05, 0.1) is 11.2 Å². The summed E-state index contributed by atoms with van der Waals surface area (Å²) in [5, 5.41) is 10.2. The normalized spacial score (nSPS) is 14.3. The van der Waals surface area contributed by atoms with Gasteiger partial charge in [-0.05, 0) is 109 Å². The molecule has 0 fully saturated rings. The number of nitrogens with one attached hydrogen (secondary N) is 1. The first-order valence-corrected chi connectivity index (χ1v) is 22.2. The first-order chi connectivity index (χ1) is 28.7. The zero-order valence-electron chi connectivity index (χ0n) is 35.6. The highest BCUT2D eigenvalue weighted by molar-refractivity contribution is 7.29. The van der Waals surface area contributed by atoms with Crippen LogP contribution < -0.4 is 15.6 Å². The van der Waals surface area contributed by atoms with Gasteiger partial charge in [-0.3, -0.25) is 0 Å². The molecule has 3 nitrogen and oxygen atoms in total. The third kappa shape index (κ3) is 5.02. The largest absolute Gasteiger partial charge is 0.456 e. The molecule has 3 aromatic heterocycles. The van der Waals surface area contributed by atoms with Crippen LogP contribution in [0.3, 0.4) is 0 Å². The highest BCUT2D eigenvalue weighted by Gasteiger charge is 2.37. The molecule has 0 unspecified atom stereocenters. The van der Waals surface area contributed by atoms with Crippen molar-refractivity contribution in [3.05, 3.63) is 150 Å². The lowest BCUT2D eigenvalue weighted by Crippen LogP contribution is -2.35. The van der Waals surface area contributed by atoms with Crippen molar-refractivity contribution in [1.82, 2.24) is 4.57 Å². The van der Waals surface area contributed by atoms with Crippen molar-refractivity contribution >= 4 is 94.1 Å². The van der Waals surface area contributed by atoms with Crippen LogP contribution in [0.1, 0.15) is 77.6 Å². The molecule has 60 heavy (non-hydrogen) atoms. The van der Waals surface area contributed by atoms with Gasteiger partial charge in [0.2, 0.25) is 7.28 Å². The number of aromatic nitrogens is 1. The zero-order chi connectivity index (χ0) is 41.0. The Morgan fingerprint density at radius 2 is 1.33 bits per heavy atom. The molecule has 0 spiro atoms. The fraction of sp³-hybridized carbons (Fsp3) is 0.200. The summed E-state index contributed by atoms with van der Waals surface area (Å²) in [4.78, 5) is 0. The smallest absolute Gasteiger partial charge is 0.211 e. The first-order valence-electron chi connectivity index (χ1n) is 21.4. The van der Waals surface area contributed by atoms with E-state index in [0.717, 1.165) is 40.6 Å². The molecule has 292 valence electrons. The molecule has 1 aliphatic carbocycles. The lowest BCUT2D eigenvalue weighted by molar-refractivity contribution is 0.590. The Morgan fingerprint density at radius 3 is 2.13 bits per heavy atom. The minimum absolute atomic E-state index is 0.0362. The van der Waals surface area contributed by atoms with Gasteiger partial charge < -0.3 is 14.3 Å². The lowest BCUT2D eigenvalue weighted by atomic mass is 9.63. The van der Waals surface area contributed by atoms with Crippen LogP contribution in [0.4, 0.5) is 11.4 Å². The molecule has 0 amide bonds. The summed E-state index contributed by atoms with van der Waals surface area (Å²) in [6, 6.07) is 48.1. The van der Waals surface area contributed by atoms with E-state index >= 15 is 0 Å². The predicted molar refractivity (Wildman–Crippen MR) is 260 cm³/mol. The molecule has 10 aromatic rings. The van der Waals surface area contributed by atoms with Crippen LogP contribution in [0, 0.1) is 0 Å². The standard InChI is InChI=1S/C55H47BN2OS/c1-53(2,3)30-17-20-32(21-18-30)57-44-28-43-37(33-13-9-11-15-42(33)55(43,7)8)26-38(44)35-22-23-36-39-27-40-34-14-10-12-16-46(34)59-47(40)29-45(39)58-50(36)49(35)56-52-51(58)41-25-31(54(4,5)6)19-24-48(41)60-52/h9-29,56-57H,1-8H3. The monoisotopic (exact) mass is 794 g/mol. The Hall–Kier alpha value is -6.04. The molecule has 0 atom stereocenters. The quantitative estimate of drug-likeness (QED) is 0.181. The van der Waals surface area contributed by atoms with Crippen molar-refractivity contribution in [2.24, 2.45) is 0 Å². The molecular weight excluding hydrogens is 747 g/mol. The first kappa shape index (κ1) is 35.9. The highest BCUT2D eigenvalue weighted by atomic mass is 32.1.